The summed E-state index contributed by atoms with van der Waals surface area (Å²) in [6.45, 7) is 0. The van der Waals surface area contributed by atoms with Crippen molar-refractivity contribution in [2.45, 2.75) is 0 Å². The van der Waals surface area contributed by atoms with Gasteiger partial charge in [0.1, 0.15) is 12.4 Å². The summed E-state index contributed by atoms with van der Waals surface area (Å²) in [5.41, 5.74) is -0.107. The third kappa shape index (κ3) is 3.03. The summed E-state index contributed by atoms with van der Waals surface area (Å²) in [6, 6.07) is 0. The molecule has 0 radical (unpaired) electrons. The first-order valence-electron chi connectivity index (χ1n) is 4.61. The molecule has 8 nitrogen and oxygen atoms in total. The minimum Gasteiger partial charge on any atom is -0.464 e. The molecule has 0 atom stereocenters. The van der Waals surface area contributed by atoms with Gasteiger partial charge in [0.25, 0.3) is 0 Å². The van der Waals surface area contributed by atoms with Crippen LogP contribution in [0.15, 0.2) is 18.6 Å². The maximum atomic E-state index is 11.5. The van der Waals surface area contributed by atoms with Crippen molar-refractivity contribution >= 4 is 17.4 Å². The number of hydrogen-bond donors (Lipinski definition) is 0. The van der Waals surface area contributed by atoms with Crippen LogP contribution in [0, 0.1) is 10.1 Å². The zero-order valence-corrected chi connectivity index (χ0v) is 9.65. The predicted octanol–water partition coefficient (Wildman–Crippen LogP) is 0.324. The number of carbonyl (C=O) groups excluding carboxylic acids is 1. The SMILES string of the molecule is COC(=O)/C(=C/N(C)C)n1cc([N+](=O)[O-])cn1. The van der Waals surface area contributed by atoms with Crippen LogP contribution in [0.25, 0.3) is 5.70 Å². The first kappa shape index (κ1) is 12.7. The second-order valence-electron chi connectivity index (χ2n) is 3.37. The fraction of sp³-hybridized carbons (Fsp3) is 0.333. The Bertz CT molecular complexity index is 463. The molecular weight excluding hydrogens is 228 g/mol. The van der Waals surface area contributed by atoms with Crippen molar-refractivity contribution < 1.29 is 14.5 Å². The van der Waals surface area contributed by atoms with Gasteiger partial charge in [0.2, 0.25) is 0 Å². The summed E-state index contributed by atoms with van der Waals surface area (Å²) in [5, 5.41) is 14.2. The molecule has 0 aliphatic carbocycles. The summed E-state index contributed by atoms with van der Waals surface area (Å²) in [4.78, 5) is 23.0. The van der Waals surface area contributed by atoms with Gasteiger partial charge in [-0.1, -0.05) is 0 Å². The quantitative estimate of drug-likeness (QED) is 0.326. The number of nitrogens with zero attached hydrogens (tertiary/aromatic N) is 4. The Balaban J connectivity index is 3.13. The van der Waals surface area contributed by atoms with E-state index in [-0.39, 0.29) is 11.4 Å². The molecule has 1 rings (SSSR count). The number of methoxy groups -OCH3 is 1. The molecule has 92 valence electrons. The molecule has 0 amide bonds. The molecule has 17 heavy (non-hydrogen) atoms. The molecule has 0 N–H and O–H groups in total. The van der Waals surface area contributed by atoms with Crippen LogP contribution >= 0.6 is 0 Å². The maximum absolute atomic E-state index is 11.5. The number of carbonyl (C=O) groups is 1. The molecule has 1 heterocycles. The lowest BCUT2D eigenvalue weighted by atomic mass is 10.4. The predicted molar refractivity (Wildman–Crippen MR) is 58.9 cm³/mol. The largest absolute Gasteiger partial charge is 0.464 e. The lowest BCUT2D eigenvalue weighted by molar-refractivity contribution is -0.384. The van der Waals surface area contributed by atoms with Gasteiger partial charge < -0.3 is 9.64 Å². The van der Waals surface area contributed by atoms with E-state index in [0.29, 0.717) is 0 Å². The average Bonchev–Trinajstić information content (AvgIpc) is 2.73. The van der Waals surface area contributed by atoms with Crippen LogP contribution in [0.2, 0.25) is 0 Å². The van der Waals surface area contributed by atoms with Gasteiger partial charge in [-0.05, 0) is 0 Å². The summed E-state index contributed by atoms with van der Waals surface area (Å²) >= 11 is 0. The van der Waals surface area contributed by atoms with E-state index in [9.17, 15) is 14.9 Å². The van der Waals surface area contributed by atoms with Crippen molar-refractivity contribution in [2.75, 3.05) is 21.2 Å². The van der Waals surface area contributed by atoms with Gasteiger partial charge in [0.05, 0.1) is 12.0 Å². The molecule has 1 aromatic rings. The number of nitro groups is 1. The molecule has 1 aromatic heterocycles. The highest BCUT2D eigenvalue weighted by Crippen LogP contribution is 2.13. The van der Waals surface area contributed by atoms with E-state index in [4.69, 9.17) is 0 Å². The van der Waals surface area contributed by atoms with Crippen molar-refractivity contribution in [3.8, 4) is 0 Å². The molecule has 8 heteroatoms. The summed E-state index contributed by atoms with van der Waals surface area (Å²) < 4.78 is 5.67. The molecule has 0 spiro atoms. The van der Waals surface area contributed by atoms with E-state index >= 15 is 0 Å². The second kappa shape index (κ2) is 5.10. The zero-order chi connectivity index (χ0) is 13.0. The molecule has 0 saturated heterocycles. The van der Waals surface area contributed by atoms with E-state index in [1.807, 2.05) is 0 Å². The van der Waals surface area contributed by atoms with Crippen LogP contribution < -0.4 is 0 Å². The van der Waals surface area contributed by atoms with Crippen molar-refractivity contribution in [2.24, 2.45) is 0 Å². The molecule has 0 aliphatic heterocycles. The van der Waals surface area contributed by atoms with Crippen molar-refractivity contribution in [1.82, 2.24) is 14.7 Å². The number of aromatic nitrogens is 2. The highest BCUT2D eigenvalue weighted by Gasteiger charge is 2.17. The van der Waals surface area contributed by atoms with E-state index in [0.717, 1.165) is 17.1 Å². The third-order valence-electron chi connectivity index (χ3n) is 1.80. The first-order chi connectivity index (χ1) is 7.95. The number of esters is 1. The van der Waals surface area contributed by atoms with Crippen LogP contribution in [0.5, 0.6) is 0 Å². The average molecular weight is 240 g/mol. The van der Waals surface area contributed by atoms with Crippen LogP contribution in [-0.4, -0.2) is 46.8 Å². The summed E-state index contributed by atoms with van der Waals surface area (Å²) in [7, 11) is 4.64. The van der Waals surface area contributed by atoms with Gasteiger partial charge in [0.15, 0.2) is 5.70 Å². The van der Waals surface area contributed by atoms with Crippen molar-refractivity contribution in [3.63, 3.8) is 0 Å². The molecule has 0 saturated carbocycles. The van der Waals surface area contributed by atoms with E-state index in [1.165, 1.54) is 13.3 Å². The number of ether oxygens (including phenoxy) is 1. The normalized spacial score (nSPS) is 11.1. The highest BCUT2D eigenvalue weighted by molar-refractivity contribution is 6.09. The highest BCUT2D eigenvalue weighted by atomic mass is 16.6. The Kier molecular flexibility index (Phi) is 3.81. The van der Waals surface area contributed by atoms with Gasteiger partial charge >= 0.3 is 11.7 Å². The van der Waals surface area contributed by atoms with Gasteiger partial charge in [-0.25, -0.2) is 9.48 Å². The molecular formula is C9H12N4O4. The topological polar surface area (TPSA) is 90.5 Å². The maximum Gasteiger partial charge on any atom is 0.358 e. The Labute approximate surface area is 97.2 Å². The summed E-state index contributed by atoms with van der Waals surface area (Å²) in [6.07, 6.45) is 3.67. The molecule has 0 unspecified atom stereocenters. The van der Waals surface area contributed by atoms with Crippen LogP contribution in [0.1, 0.15) is 0 Å². The fourth-order valence-electron chi connectivity index (χ4n) is 1.09. The standard InChI is InChI=1S/C9H12N4O4/c1-11(2)6-8(9(14)17-3)12-5-7(4-10-12)13(15)16/h4-6H,1-3H3/b8-6-. The van der Waals surface area contributed by atoms with E-state index in [1.54, 1.807) is 19.0 Å². The molecule has 0 aromatic carbocycles. The second-order valence-corrected chi connectivity index (χ2v) is 3.37. The lowest BCUT2D eigenvalue weighted by Crippen LogP contribution is -2.15. The fourth-order valence-corrected chi connectivity index (χ4v) is 1.09. The minimum atomic E-state index is -0.628. The van der Waals surface area contributed by atoms with Crippen LogP contribution in [-0.2, 0) is 9.53 Å². The Morgan fingerprint density at radius 3 is 2.71 bits per heavy atom. The molecule has 0 aliphatic rings. The zero-order valence-electron chi connectivity index (χ0n) is 9.65. The monoisotopic (exact) mass is 240 g/mol. The molecule has 0 bridgehead atoms. The van der Waals surface area contributed by atoms with Crippen molar-refractivity contribution in [1.29, 1.82) is 0 Å². The molecule has 0 fully saturated rings. The Morgan fingerprint density at radius 2 is 2.29 bits per heavy atom. The summed E-state index contributed by atoms with van der Waals surface area (Å²) in [5.74, 6) is -0.628. The van der Waals surface area contributed by atoms with Gasteiger partial charge in [-0.3, -0.25) is 10.1 Å². The van der Waals surface area contributed by atoms with Gasteiger partial charge in [-0.2, -0.15) is 5.10 Å². The van der Waals surface area contributed by atoms with E-state index in [2.05, 4.69) is 9.84 Å². The minimum absolute atomic E-state index is 0.0885. The Hall–Kier alpha value is -2.38. The van der Waals surface area contributed by atoms with Gasteiger partial charge in [-0.15, -0.1) is 0 Å². The first-order valence-corrected chi connectivity index (χ1v) is 4.61. The number of hydrogen-bond acceptors (Lipinski definition) is 6. The van der Waals surface area contributed by atoms with Crippen molar-refractivity contribution in [3.05, 3.63) is 28.7 Å². The van der Waals surface area contributed by atoms with Crippen LogP contribution in [0.3, 0.4) is 0 Å². The van der Waals surface area contributed by atoms with E-state index < -0.39 is 10.9 Å². The lowest BCUT2D eigenvalue weighted by Gasteiger charge is -2.09. The van der Waals surface area contributed by atoms with Gasteiger partial charge in [0, 0.05) is 20.3 Å². The number of rotatable bonds is 4. The van der Waals surface area contributed by atoms with Crippen LogP contribution in [0.4, 0.5) is 5.69 Å². The smallest absolute Gasteiger partial charge is 0.358 e. The third-order valence-corrected chi connectivity index (χ3v) is 1.80. The Morgan fingerprint density at radius 1 is 1.65 bits per heavy atom.